The second kappa shape index (κ2) is 5.58. The molecule has 0 spiro atoms. The molecule has 2 rings (SSSR count). The SMILES string of the molecule is CSC1CCCCC1Nc1ccnc(C)c1. The van der Waals surface area contributed by atoms with E-state index < -0.39 is 0 Å². The standard InChI is InChI=1S/C13H20N2S/c1-10-9-11(7-8-14-10)15-12-5-3-4-6-13(12)16-2/h7-9,12-13H,3-6H2,1-2H3,(H,14,15). The van der Waals surface area contributed by atoms with Crippen molar-refractivity contribution in [2.24, 2.45) is 0 Å². The number of rotatable bonds is 3. The van der Waals surface area contributed by atoms with Crippen molar-refractivity contribution in [3.8, 4) is 0 Å². The lowest BCUT2D eigenvalue weighted by Gasteiger charge is -2.31. The van der Waals surface area contributed by atoms with Crippen LogP contribution in [0, 0.1) is 6.92 Å². The maximum Gasteiger partial charge on any atom is 0.0393 e. The Kier molecular flexibility index (Phi) is 4.10. The van der Waals surface area contributed by atoms with Crippen molar-refractivity contribution in [1.82, 2.24) is 4.98 Å². The minimum absolute atomic E-state index is 0.630. The van der Waals surface area contributed by atoms with Crippen LogP contribution in [0.4, 0.5) is 5.69 Å². The van der Waals surface area contributed by atoms with Crippen LogP contribution in [0.1, 0.15) is 31.4 Å². The Balaban J connectivity index is 2.02. The second-order valence-electron chi connectivity index (χ2n) is 4.50. The van der Waals surface area contributed by atoms with Gasteiger partial charge in [-0.1, -0.05) is 12.8 Å². The first-order valence-electron chi connectivity index (χ1n) is 6.01. The van der Waals surface area contributed by atoms with Gasteiger partial charge in [-0.2, -0.15) is 11.8 Å². The fourth-order valence-corrected chi connectivity index (χ4v) is 3.33. The van der Waals surface area contributed by atoms with Crippen LogP contribution in [0.25, 0.3) is 0 Å². The van der Waals surface area contributed by atoms with Crippen LogP contribution in [-0.4, -0.2) is 22.5 Å². The van der Waals surface area contributed by atoms with Gasteiger partial charge in [-0.3, -0.25) is 4.98 Å². The van der Waals surface area contributed by atoms with Gasteiger partial charge in [0, 0.05) is 28.9 Å². The van der Waals surface area contributed by atoms with E-state index in [1.54, 1.807) is 0 Å². The number of anilines is 1. The molecule has 0 saturated heterocycles. The molecule has 0 amide bonds. The predicted molar refractivity (Wildman–Crippen MR) is 72.2 cm³/mol. The van der Waals surface area contributed by atoms with Gasteiger partial charge in [0.15, 0.2) is 0 Å². The van der Waals surface area contributed by atoms with Crippen LogP contribution in [0.15, 0.2) is 18.3 Å². The molecule has 88 valence electrons. The summed E-state index contributed by atoms with van der Waals surface area (Å²) in [4.78, 5) is 4.23. The summed E-state index contributed by atoms with van der Waals surface area (Å²) in [6.07, 6.45) is 9.50. The average molecular weight is 236 g/mol. The predicted octanol–water partition coefficient (Wildman–Crippen LogP) is 3.48. The largest absolute Gasteiger partial charge is 0.381 e. The highest BCUT2D eigenvalue weighted by molar-refractivity contribution is 7.99. The van der Waals surface area contributed by atoms with Crippen LogP contribution in [0.3, 0.4) is 0 Å². The molecule has 1 aliphatic rings. The summed E-state index contributed by atoms with van der Waals surface area (Å²) >= 11 is 2.00. The smallest absolute Gasteiger partial charge is 0.0393 e. The van der Waals surface area contributed by atoms with E-state index in [1.807, 2.05) is 24.9 Å². The normalized spacial score (nSPS) is 25.4. The lowest BCUT2D eigenvalue weighted by atomic mass is 9.94. The molecule has 1 fully saturated rings. The molecule has 0 bridgehead atoms. The molecule has 0 aromatic carbocycles. The zero-order valence-electron chi connectivity index (χ0n) is 10.1. The average Bonchev–Trinajstić information content (AvgIpc) is 2.30. The molecule has 2 nitrogen and oxygen atoms in total. The molecule has 1 aliphatic carbocycles. The van der Waals surface area contributed by atoms with Gasteiger partial charge in [-0.15, -0.1) is 0 Å². The van der Waals surface area contributed by atoms with Crippen molar-refractivity contribution >= 4 is 17.4 Å². The minimum atomic E-state index is 0.630. The first-order chi connectivity index (χ1) is 7.79. The van der Waals surface area contributed by atoms with E-state index in [1.165, 1.54) is 31.4 Å². The Bertz CT molecular complexity index is 340. The first-order valence-corrected chi connectivity index (χ1v) is 7.30. The van der Waals surface area contributed by atoms with Gasteiger partial charge >= 0.3 is 0 Å². The van der Waals surface area contributed by atoms with Crippen molar-refractivity contribution in [3.05, 3.63) is 24.0 Å². The highest BCUT2D eigenvalue weighted by atomic mass is 32.2. The summed E-state index contributed by atoms with van der Waals surface area (Å²) in [6, 6.07) is 4.83. The summed E-state index contributed by atoms with van der Waals surface area (Å²) in [5, 5.41) is 4.43. The van der Waals surface area contributed by atoms with Gasteiger partial charge < -0.3 is 5.32 Å². The Hall–Kier alpha value is -0.700. The molecule has 1 aromatic heterocycles. The first kappa shape index (κ1) is 11.8. The van der Waals surface area contributed by atoms with Crippen LogP contribution in [0.2, 0.25) is 0 Å². The van der Waals surface area contributed by atoms with Gasteiger partial charge in [0.1, 0.15) is 0 Å². The van der Waals surface area contributed by atoms with Crippen molar-refractivity contribution in [2.45, 2.75) is 43.9 Å². The van der Waals surface area contributed by atoms with Gasteiger partial charge in [0.05, 0.1) is 0 Å². The van der Waals surface area contributed by atoms with Crippen LogP contribution < -0.4 is 5.32 Å². The third-order valence-corrected chi connectivity index (χ3v) is 4.42. The van der Waals surface area contributed by atoms with E-state index in [2.05, 4.69) is 28.7 Å². The molecule has 2 unspecified atom stereocenters. The molecule has 3 heteroatoms. The molecule has 2 atom stereocenters. The molecular formula is C13H20N2S. The molecule has 1 saturated carbocycles. The van der Waals surface area contributed by atoms with E-state index in [0.29, 0.717) is 6.04 Å². The monoisotopic (exact) mass is 236 g/mol. The van der Waals surface area contributed by atoms with E-state index in [4.69, 9.17) is 0 Å². The molecule has 1 N–H and O–H groups in total. The number of aromatic nitrogens is 1. The molecule has 0 aliphatic heterocycles. The molecule has 0 radical (unpaired) electrons. The minimum Gasteiger partial charge on any atom is -0.381 e. The van der Waals surface area contributed by atoms with Crippen LogP contribution in [0.5, 0.6) is 0 Å². The van der Waals surface area contributed by atoms with E-state index in [0.717, 1.165) is 10.9 Å². The summed E-state index contributed by atoms with van der Waals surface area (Å²) < 4.78 is 0. The second-order valence-corrected chi connectivity index (χ2v) is 5.57. The Morgan fingerprint density at radius 3 is 2.94 bits per heavy atom. The maximum absolute atomic E-state index is 4.23. The number of nitrogens with one attached hydrogen (secondary N) is 1. The molecule has 16 heavy (non-hydrogen) atoms. The van der Waals surface area contributed by atoms with E-state index in [-0.39, 0.29) is 0 Å². The van der Waals surface area contributed by atoms with E-state index in [9.17, 15) is 0 Å². The summed E-state index contributed by atoms with van der Waals surface area (Å²) in [7, 11) is 0. The topological polar surface area (TPSA) is 24.9 Å². The number of aryl methyl sites for hydroxylation is 1. The van der Waals surface area contributed by atoms with Crippen LogP contribution in [-0.2, 0) is 0 Å². The zero-order chi connectivity index (χ0) is 11.4. The maximum atomic E-state index is 4.23. The van der Waals surface area contributed by atoms with Gasteiger partial charge in [-0.05, 0) is 38.2 Å². The Morgan fingerprint density at radius 1 is 1.38 bits per heavy atom. The van der Waals surface area contributed by atoms with Gasteiger partial charge in [0.25, 0.3) is 0 Å². The van der Waals surface area contributed by atoms with Crippen molar-refractivity contribution in [3.63, 3.8) is 0 Å². The highest BCUT2D eigenvalue weighted by Gasteiger charge is 2.23. The lowest BCUT2D eigenvalue weighted by Crippen LogP contribution is -2.34. The van der Waals surface area contributed by atoms with Gasteiger partial charge in [-0.25, -0.2) is 0 Å². The number of hydrogen-bond acceptors (Lipinski definition) is 3. The number of nitrogens with zero attached hydrogens (tertiary/aromatic N) is 1. The fraction of sp³-hybridized carbons (Fsp3) is 0.615. The number of thioether (sulfide) groups is 1. The van der Waals surface area contributed by atoms with Crippen molar-refractivity contribution in [1.29, 1.82) is 0 Å². The third kappa shape index (κ3) is 2.91. The highest BCUT2D eigenvalue weighted by Crippen LogP contribution is 2.29. The Morgan fingerprint density at radius 2 is 2.19 bits per heavy atom. The number of hydrogen-bond donors (Lipinski definition) is 1. The third-order valence-electron chi connectivity index (χ3n) is 3.25. The van der Waals surface area contributed by atoms with E-state index >= 15 is 0 Å². The molecule has 1 aromatic rings. The summed E-state index contributed by atoms with van der Waals surface area (Å²) in [5.41, 5.74) is 2.31. The summed E-state index contributed by atoms with van der Waals surface area (Å²) in [5.74, 6) is 0. The van der Waals surface area contributed by atoms with Crippen molar-refractivity contribution < 1.29 is 0 Å². The van der Waals surface area contributed by atoms with Crippen molar-refractivity contribution in [2.75, 3.05) is 11.6 Å². The van der Waals surface area contributed by atoms with Crippen LogP contribution >= 0.6 is 11.8 Å². The number of pyridine rings is 1. The quantitative estimate of drug-likeness (QED) is 0.869. The van der Waals surface area contributed by atoms with Gasteiger partial charge in [0.2, 0.25) is 0 Å². The molecule has 1 heterocycles. The zero-order valence-corrected chi connectivity index (χ0v) is 10.9. The lowest BCUT2D eigenvalue weighted by molar-refractivity contribution is 0.475. The Labute approximate surface area is 102 Å². The molecular weight excluding hydrogens is 216 g/mol. The summed E-state index contributed by atoms with van der Waals surface area (Å²) in [6.45, 7) is 2.04. The fourth-order valence-electron chi connectivity index (χ4n) is 2.39.